The van der Waals surface area contributed by atoms with Gasteiger partial charge in [-0.1, -0.05) is 71.8 Å². The zero-order valence-corrected chi connectivity index (χ0v) is 14.2. The number of rotatable bonds is 4. The molecule has 106 valence electrons. The van der Waals surface area contributed by atoms with Crippen LogP contribution in [-0.2, 0) is 6.16 Å². The lowest BCUT2D eigenvalue weighted by Gasteiger charge is -2.22. The van der Waals surface area contributed by atoms with Crippen molar-refractivity contribution in [3.63, 3.8) is 0 Å². The molecule has 0 atom stereocenters. The van der Waals surface area contributed by atoms with Gasteiger partial charge >= 0.3 is 0 Å². The van der Waals surface area contributed by atoms with Crippen LogP contribution in [-0.4, -0.2) is 0 Å². The number of aryl methyl sites for hydroxylation is 1. The van der Waals surface area contributed by atoms with E-state index in [4.69, 9.17) is 0 Å². The minimum atomic E-state index is -0.306. The van der Waals surface area contributed by atoms with E-state index in [0.29, 0.717) is 0 Å². The summed E-state index contributed by atoms with van der Waals surface area (Å²) in [4.78, 5) is 0. The van der Waals surface area contributed by atoms with E-state index >= 15 is 0 Å². The molecule has 3 aromatic rings. The Labute approximate surface area is 130 Å². The first-order chi connectivity index (χ1) is 10.3. The van der Waals surface area contributed by atoms with Crippen LogP contribution in [0.15, 0.2) is 66.5 Å². The van der Waals surface area contributed by atoms with Gasteiger partial charge in [0.2, 0.25) is 0 Å². The quantitative estimate of drug-likeness (QED) is 0.578. The fourth-order valence-corrected chi connectivity index (χ4v) is 6.38. The minimum Gasteiger partial charge on any atom is -0.527 e. The summed E-state index contributed by atoms with van der Waals surface area (Å²) in [6.45, 7) is 4.49. The fraction of sp³-hybridized carbons (Fsp3) is 0.158. The van der Waals surface area contributed by atoms with Crippen molar-refractivity contribution in [3.05, 3.63) is 82.9 Å². The predicted molar refractivity (Wildman–Crippen MR) is 96.8 cm³/mol. The average molecular weight is 309 g/mol. The maximum Gasteiger partial charge on any atom is -0.0193 e. The molecule has 0 unspecified atom stereocenters. The Morgan fingerprint density at radius 1 is 0.810 bits per heavy atom. The molecule has 2 aromatic carbocycles. The third-order valence-corrected chi connectivity index (χ3v) is 7.93. The highest BCUT2D eigenvalue weighted by Crippen LogP contribution is 2.42. The third-order valence-electron chi connectivity index (χ3n) is 3.88. The normalized spacial score (nSPS) is 11.4. The van der Waals surface area contributed by atoms with Crippen LogP contribution in [0.3, 0.4) is 0 Å². The van der Waals surface area contributed by atoms with Crippen molar-refractivity contribution < 1.29 is 0 Å². The van der Waals surface area contributed by atoms with Gasteiger partial charge in [0.25, 0.3) is 0 Å². The first-order valence-electron chi connectivity index (χ1n) is 7.21. The van der Waals surface area contributed by atoms with Gasteiger partial charge in [-0.25, -0.2) is 5.80 Å². The Balaban J connectivity index is 1.99. The summed E-state index contributed by atoms with van der Waals surface area (Å²) in [5.41, 5.74) is 2.94. The van der Waals surface area contributed by atoms with Crippen molar-refractivity contribution in [2.75, 3.05) is 0 Å². The predicted octanol–water partition coefficient (Wildman–Crippen LogP) is 5.24. The van der Waals surface area contributed by atoms with Gasteiger partial charge < -0.3 is 8.19 Å². The largest absolute Gasteiger partial charge is 0.527 e. The van der Waals surface area contributed by atoms with Crippen LogP contribution in [0, 0.1) is 13.8 Å². The van der Waals surface area contributed by atoms with E-state index in [1.165, 1.54) is 36.1 Å². The molecule has 0 fully saturated rings. The Bertz CT molecular complexity index is 659. The third kappa shape index (κ3) is 3.29. The van der Waals surface area contributed by atoms with Gasteiger partial charge in [0.15, 0.2) is 0 Å². The Hall–Kier alpha value is -1.35. The molecule has 0 saturated carbocycles. The zero-order valence-electron chi connectivity index (χ0n) is 12.5. The molecule has 0 aliphatic carbocycles. The smallest absolute Gasteiger partial charge is 0.0193 e. The monoisotopic (exact) mass is 309 g/mol. The van der Waals surface area contributed by atoms with E-state index < -0.39 is 0 Å². The molecule has 1 heterocycles. The lowest BCUT2D eigenvalue weighted by atomic mass is 10.2. The molecule has 2 heteroatoms. The van der Waals surface area contributed by atoms with E-state index in [1.54, 1.807) is 5.30 Å². The van der Waals surface area contributed by atoms with Crippen LogP contribution in [0.1, 0.15) is 16.4 Å². The van der Waals surface area contributed by atoms with Crippen molar-refractivity contribution in [3.8, 4) is 0 Å². The molecule has 1 aromatic heterocycles. The average Bonchev–Trinajstić information content (AvgIpc) is 2.86. The summed E-state index contributed by atoms with van der Waals surface area (Å²) in [6.07, 6.45) is 1.17. The Kier molecular flexibility index (Phi) is 4.59. The molecule has 0 saturated heterocycles. The molecule has 0 N–H and O–H groups in total. The van der Waals surface area contributed by atoms with Crippen LogP contribution >= 0.6 is 16.1 Å². The highest BCUT2D eigenvalue weighted by Gasteiger charge is 2.13. The van der Waals surface area contributed by atoms with Gasteiger partial charge in [-0.2, -0.15) is 5.30 Å². The zero-order chi connectivity index (χ0) is 14.7. The summed E-state index contributed by atoms with van der Waals surface area (Å²) >= 11 is 0. The SMILES string of the molecule is Cc1c[p-]c(CP(c2ccccc2)c2ccccc2)c1C. The molecular weight excluding hydrogens is 290 g/mol. The molecular formula is C19H19P2-. The lowest BCUT2D eigenvalue weighted by molar-refractivity contribution is 1.33. The standard InChI is InChI=1S/C19H19P2/c1-15-13-20-19(16(15)2)14-21(17-9-5-3-6-10-17)18-11-7-4-8-12-18/h3-13H,14H2,1-2H3/q-1. The van der Waals surface area contributed by atoms with Crippen LogP contribution < -0.4 is 10.6 Å². The minimum absolute atomic E-state index is 0.306. The maximum absolute atomic E-state index is 2.34. The van der Waals surface area contributed by atoms with E-state index in [0.717, 1.165) is 0 Å². The molecule has 0 spiro atoms. The van der Waals surface area contributed by atoms with Gasteiger partial charge in [0.1, 0.15) is 0 Å². The van der Waals surface area contributed by atoms with Gasteiger partial charge in [-0.05, 0) is 38.5 Å². The van der Waals surface area contributed by atoms with Gasteiger partial charge in [-0.3, -0.25) is 0 Å². The lowest BCUT2D eigenvalue weighted by Crippen LogP contribution is -2.12. The highest BCUT2D eigenvalue weighted by molar-refractivity contribution is 7.72. The Morgan fingerprint density at radius 3 is 1.76 bits per heavy atom. The topological polar surface area (TPSA) is 0 Å². The van der Waals surface area contributed by atoms with E-state index in [2.05, 4.69) is 80.3 Å². The number of benzene rings is 2. The van der Waals surface area contributed by atoms with E-state index in [9.17, 15) is 0 Å². The van der Waals surface area contributed by atoms with Gasteiger partial charge in [0.05, 0.1) is 0 Å². The van der Waals surface area contributed by atoms with Crippen LogP contribution in [0.5, 0.6) is 0 Å². The number of hydrogen-bond donors (Lipinski definition) is 0. The van der Waals surface area contributed by atoms with Crippen molar-refractivity contribution in [1.82, 2.24) is 0 Å². The number of hydrogen-bond acceptors (Lipinski definition) is 0. The van der Waals surface area contributed by atoms with Crippen molar-refractivity contribution in [2.45, 2.75) is 20.0 Å². The second kappa shape index (κ2) is 6.61. The first kappa shape index (κ1) is 14.6. The molecule has 0 aliphatic rings. The van der Waals surface area contributed by atoms with E-state index in [-0.39, 0.29) is 7.92 Å². The molecule has 0 nitrogen and oxygen atoms in total. The van der Waals surface area contributed by atoms with Crippen LogP contribution in [0.2, 0.25) is 0 Å². The molecule has 3 rings (SSSR count). The molecule has 21 heavy (non-hydrogen) atoms. The first-order valence-corrected chi connectivity index (χ1v) is 9.70. The molecule has 0 radical (unpaired) electrons. The summed E-state index contributed by atoms with van der Waals surface area (Å²) in [5.74, 6) is 2.34. The second-order valence-electron chi connectivity index (χ2n) is 5.27. The van der Waals surface area contributed by atoms with Gasteiger partial charge in [-0.15, -0.1) is 0 Å². The summed E-state index contributed by atoms with van der Waals surface area (Å²) in [6, 6.07) is 22.0. The van der Waals surface area contributed by atoms with Crippen LogP contribution in [0.25, 0.3) is 0 Å². The second-order valence-corrected chi connectivity index (χ2v) is 8.53. The highest BCUT2D eigenvalue weighted by atomic mass is 31.1. The van der Waals surface area contributed by atoms with Crippen LogP contribution in [0.4, 0.5) is 0 Å². The molecule has 0 bridgehead atoms. The van der Waals surface area contributed by atoms with Crippen molar-refractivity contribution >= 4 is 26.7 Å². The van der Waals surface area contributed by atoms with Gasteiger partial charge in [0, 0.05) is 0 Å². The summed E-state index contributed by atoms with van der Waals surface area (Å²) in [7, 11) is 1.09. The van der Waals surface area contributed by atoms with Crippen molar-refractivity contribution in [1.29, 1.82) is 0 Å². The molecule has 0 aliphatic heterocycles. The maximum atomic E-state index is 2.34. The fourth-order valence-electron chi connectivity index (χ4n) is 2.45. The molecule has 0 amide bonds. The summed E-state index contributed by atoms with van der Waals surface area (Å²) < 4.78 is 0. The summed E-state index contributed by atoms with van der Waals surface area (Å²) in [5, 5.41) is 4.53. The van der Waals surface area contributed by atoms with E-state index in [1.807, 2.05) is 0 Å². The Morgan fingerprint density at radius 2 is 1.33 bits per heavy atom. The van der Waals surface area contributed by atoms with Crippen molar-refractivity contribution in [2.24, 2.45) is 0 Å².